The summed E-state index contributed by atoms with van der Waals surface area (Å²) in [5.41, 5.74) is 0.907. The topological polar surface area (TPSA) is 74.6 Å². The first-order valence-electron chi connectivity index (χ1n) is 15.4. The normalized spacial score (nSPS) is 21.3. The van der Waals surface area contributed by atoms with Crippen LogP contribution in [0.25, 0.3) is 0 Å². The third-order valence-electron chi connectivity index (χ3n) is 8.95. The van der Waals surface area contributed by atoms with E-state index in [0.29, 0.717) is 43.3 Å². The molecule has 1 saturated heterocycles. The van der Waals surface area contributed by atoms with E-state index >= 15 is 0 Å². The van der Waals surface area contributed by atoms with Gasteiger partial charge in [-0.15, -0.1) is 10.2 Å². The first-order valence-corrected chi connectivity index (χ1v) is 15.4. The van der Waals surface area contributed by atoms with Crippen molar-refractivity contribution in [2.75, 3.05) is 31.1 Å². The molecule has 2 aromatic carbocycles. The van der Waals surface area contributed by atoms with E-state index in [1.54, 1.807) is 30.3 Å². The Morgan fingerprint density at radius 2 is 1.80 bits per heavy atom. The van der Waals surface area contributed by atoms with Gasteiger partial charge in [0.25, 0.3) is 11.8 Å². The molecule has 2 amide bonds. The summed E-state index contributed by atoms with van der Waals surface area (Å²) in [6.45, 7) is 9.78. The Hall–Kier alpha value is -4.17. The Morgan fingerprint density at radius 1 is 1.09 bits per heavy atom. The van der Waals surface area contributed by atoms with Gasteiger partial charge in [-0.05, 0) is 72.6 Å². The summed E-state index contributed by atoms with van der Waals surface area (Å²) in [4.78, 5) is 30.9. The highest BCUT2D eigenvalue weighted by Crippen LogP contribution is 2.52. The number of hydrogen-bond donors (Lipinski definition) is 0. The standard InChI is InChI=1S/C32H33F3N6O2.C2H6/c1-4-6-28(42)40-11-9-39(10-12-40)18-22-13-25-26(27(14-22)32(33,34)35)19-41(29(25)43)24-8-5-7-23(15-24)31(16-21(2)17-31)30-37-36-20-38(30)3;1-2/h5,7-8,13-15,20-21H,9-12,16-19H2,1-3H3;1-2H3. The predicted octanol–water partition coefficient (Wildman–Crippen LogP) is 5.40. The van der Waals surface area contributed by atoms with Gasteiger partial charge >= 0.3 is 6.18 Å². The maximum Gasteiger partial charge on any atom is 0.416 e. The van der Waals surface area contributed by atoms with E-state index < -0.39 is 17.6 Å². The molecule has 3 aromatic rings. The van der Waals surface area contributed by atoms with Gasteiger partial charge in [-0.25, -0.2) is 0 Å². The molecule has 1 saturated carbocycles. The minimum Gasteiger partial charge on any atom is -0.329 e. The molecule has 1 aliphatic carbocycles. The zero-order valence-electron chi connectivity index (χ0n) is 26.4. The Kier molecular flexibility index (Phi) is 9.08. The molecule has 2 fully saturated rings. The van der Waals surface area contributed by atoms with Gasteiger partial charge in [0.2, 0.25) is 0 Å². The van der Waals surface area contributed by atoms with Crippen LogP contribution in [0.2, 0.25) is 0 Å². The van der Waals surface area contributed by atoms with Crippen LogP contribution in [0, 0.1) is 17.8 Å². The third kappa shape index (κ3) is 6.08. The van der Waals surface area contributed by atoms with Gasteiger partial charge in [-0.2, -0.15) is 13.2 Å². The molecule has 0 unspecified atom stereocenters. The summed E-state index contributed by atoms with van der Waals surface area (Å²) < 4.78 is 45.0. The SMILES string of the molecule is CC.CC#CC(=O)N1CCN(Cc2cc3c(c(C(F)(F)F)c2)CN(c2cccc(C4(c5nncn5C)CC(C)C4)c2)C3=O)CC1. The number of fused-ring (bicyclic) bond motifs is 1. The van der Waals surface area contributed by atoms with Crippen molar-refractivity contribution in [3.05, 3.63) is 76.4 Å². The highest BCUT2D eigenvalue weighted by Gasteiger charge is 2.48. The fourth-order valence-corrected chi connectivity index (χ4v) is 6.94. The quantitative estimate of drug-likeness (QED) is 0.357. The Balaban J connectivity index is 0.00000196. The van der Waals surface area contributed by atoms with E-state index in [1.165, 1.54) is 11.0 Å². The summed E-state index contributed by atoms with van der Waals surface area (Å²) >= 11 is 0. The summed E-state index contributed by atoms with van der Waals surface area (Å²) in [7, 11) is 1.90. The first kappa shape index (κ1) is 32.2. The zero-order chi connectivity index (χ0) is 32.5. The molecule has 45 heavy (non-hydrogen) atoms. The lowest BCUT2D eigenvalue weighted by Crippen LogP contribution is -2.48. The molecule has 8 nitrogen and oxygen atoms in total. The monoisotopic (exact) mass is 620 g/mol. The van der Waals surface area contributed by atoms with Crippen LogP contribution >= 0.6 is 0 Å². The number of carbonyl (C=O) groups excluding carboxylic acids is 2. The summed E-state index contributed by atoms with van der Waals surface area (Å²) in [6, 6.07) is 10.3. The lowest BCUT2D eigenvalue weighted by molar-refractivity contribution is -0.138. The minimum absolute atomic E-state index is 0.000454. The molecular weight excluding hydrogens is 581 g/mol. The lowest BCUT2D eigenvalue weighted by atomic mass is 9.58. The summed E-state index contributed by atoms with van der Waals surface area (Å²) in [6.07, 6.45) is -1.21. The van der Waals surface area contributed by atoms with Gasteiger partial charge in [0, 0.05) is 51.0 Å². The number of carbonyl (C=O) groups is 2. The van der Waals surface area contributed by atoms with Crippen molar-refractivity contribution < 1.29 is 22.8 Å². The molecule has 11 heteroatoms. The predicted molar refractivity (Wildman–Crippen MR) is 165 cm³/mol. The maximum absolute atomic E-state index is 14.4. The molecule has 3 aliphatic rings. The first-order chi connectivity index (χ1) is 21.5. The fraction of sp³-hybridized carbons (Fsp3) is 0.471. The maximum atomic E-state index is 14.4. The van der Waals surface area contributed by atoms with Gasteiger partial charge in [0.05, 0.1) is 17.5 Å². The van der Waals surface area contributed by atoms with Crippen molar-refractivity contribution in [3.63, 3.8) is 0 Å². The molecule has 1 aromatic heterocycles. The zero-order valence-corrected chi connectivity index (χ0v) is 26.4. The van der Waals surface area contributed by atoms with Gasteiger partial charge in [-0.1, -0.05) is 38.8 Å². The van der Waals surface area contributed by atoms with Crippen LogP contribution in [0.5, 0.6) is 0 Å². The molecular formula is C34H39F3N6O2. The molecule has 0 radical (unpaired) electrons. The number of piperazine rings is 1. The number of hydrogen-bond acceptors (Lipinski definition) is 5. The number of aryl methyl sites for hydroxylation is 1. The molecule has 0 bridgehead atoms. The Bertz CT molecular complexity index is 1640. The van der Waals surface area contributed by atoms with Crippen LogP contribution in [0.4, 0.5) is 18.9 Å². The highest BCUT2D eigenvalue weighted by molar-refractivity contribution is 6.10. The number of amides is 2. The summed E-state index contributed by atoms with van der Waals surface area (Å²) in [5.74, 6) is 5.77. The Labute approximate surface area is 262 Å². The average Bonchev–Trinajstić information content (AvgIpc) is 3.59. The minimum atomic E-state index is -4.61. The fourth-order valence-electron chi connectivity index (χ4n) is 6.94. The van der Waals surface area contributed by atoms with E-state index in [1.807, 2.05) is 48.6 Å². The Morgan fingerprint density at radius 3 is 2.40 bits per heavy atom. The van der Waals surface area contributed by atoms with E-state index in [4.69, 9.17) is 0 Å². The molecule has 0 atom stereocenters. The average molecular weight is 621 g/mol. The second kappa shape index (κ2) is 12.7. The molecule has 3 heterocycles. The van der Waals surface area contributed by atoms with Crippen molar-refractivity contribution in [3.8, 4) is 11.8 Å². The van der Waals surface area contributed by atoms with E-state index in [9.17, 15) is 22.8 Å². The van der Waals surface area contributed by atoms with Crippen LogP contribution in [-0.2, 0) is 36.5 Å². The van der Waals surface area contributed by atoms with Gasteiger partial charge in [-0.3, -0.25) is 14.5 Å². The highest BCUT2D eigenvalue weighted by atomic mass is 19.4. The van der Waals surface area contributed by atoms with Crippen LogP contribution in [0.1, 0.15) is 79.0 Å². The van der Waals surface area contributed by atoms with Gasteiger partial charge < -0.3 is 14.4 Å². The second-order valence-corrected chi connectivity index (χ2v) is 11.9. The van der Waals surface area contributed by atoms with E-state index in [0.717, 1.165) is 24.2 Å². The van der Waals surface area contributed by atoms with Crippen LogP contribution in [0.3, 0.4) is 0 Å². The molecule has 2 aliphatic heterocycles. The van der Waals surface area contributed by atoms with Gasteiger partial charge in [0.15, 0.2) is 0 Å². The smallest absolute Gasteiger partial charge is 0.329 e. The second-order valence-electron chi connectivity index (χ2n) is 11.9. The lowest BCUT2D eigenvalue weighted by Gasteiger charge is -2.46. The third-order valence-corrected chi connectivity index (χ3v) is 8.95. The van der Waals surface area contributed by atoms with Crippen LogP contribution in [-0.4, -0.2) is 62.6 Å². The number of halogens is 3. The largest absolute Gasteiger partial charge is 0.416 e. The van der Waals surface area contributed by atoms with Crippen molar-refractivity contribution in [2.24, 2.45) is 13.0 Å². The van der Waals surface area contributed by atoms with Crippen molar-refractivity contribution in [1.82, 2.24) is 24.6 Å². The number of alkyl halides is 3. The van der Waals surface area contributed by atoms with Crippen LogP contribution in [0.15, 0.2) is 42.7 Å². The van der Waals surface area contributed by atoms with Crippen molar-refractivity contribution >= 4 is 17.5 Å². The molecule has 238 valence electrons. The molecule has 0 N–H and O–H groups in total. The van der Waals surface area contributed by atoms with E-state index in [-0.39, 0.29) is 35.5 Å². The summed E-state index contributed by atoms with van der Waals surface area (Å²) in [5, 5.41) is 8.47. The number of anilines is 1. The number of benzene rings is 2. The van der Waals surface area contributed by atoms with Crippen molar-refractivity contribution in [2.45, 2.75) is 65.2 Å². The number of aromatic nitrogens is 3. The molecule has 0 spiro atoms. The van der Waals surface area contributed by atoms with Gasteiger partial charge in [0.1, 0.15) is 12.2 Å². The van der Waals surface area contributed by atoms with E-state index in [2.05, 4.69) is 29.0 Å². The number of rotatable bonds is 5. The number of nitrogens with zero attached hydrogens (tertiary/aromatic N) is 6. The van der Waals surface area contributed by atoms with Crippen LogP contribution < -0.4 is 4.90 Å². The molecule has 6 rings (SSSR count). The van der Waals surface area contributed by atoms with Crippen molar-refractivity contribution in [1.29, 1.82) is 0 Å².